The molecule has 142 valence electrons. The van der Waals surface area contributed by atoms with E-state index in [1.165, 1.54) is 5.56 Å². The molecule has 1 aromatic carbocycles. The van der Waals surface area contributed by atoms with Gasteiger partial charge in [0.2, 0.25) is 12.7 Å². The van der Waals surface area contributed by atoms with Crippen molar-refractivity contribution in [2.75, 3.05) is 27.0 Å². The van der Waals surface area contributed by atoms with Crippen LogP contribution in [0.15, 0.2) is 36.5 Å². The Kier molecular flexibility index (Phi) is 4.64. The Labute approximate surface area is 159 Å². The molecule has 6 nitrogen and oxygen atoms in total. The third kappa shape index (κ3) is 3.56. The van der Waals surface area contributed by atoms with E-state index in [4.69, 9.17) is 14.2 Å². The molecule has 4 rings (SSSR count). The van der Waals surface area contributed by atoms with Crippen molar-refractivity contribution in [1.82, 2.24) is 9.88 Å². The van der Waals surface area contributed by atoms with Gasteiger partial charge in [0.15, 0.2) is 11.5 Å². The number of fused-ring (bicyclic) bond motifs is 1. The minimum Gasteiger partial charge on any atom is -0.480 e. The number of hydrogen-bond donors (Lipinski definition) is 0. The van der Waals surface area contributed by atoms with E-state index in [1.807, 2.05) is 11.0 Å². The van der Waals surface area contributed by atoms with Crippen LogP contribution < -0.4 is 14.2 Å². The molecule has 0 unspecified atom stereocenters. The first-order valence-corrected chi connectivity index (χ1v) is 9.25. The summed E-state index contributed by atoms with van der Waals surface area (Å²) in [4.78, 5) is 19.1. The zero-order chi connectivity index (χ0) is 18.9. The van der Waals surface area contributed by atoms with Gasteiger partial charge in [-0.15, -0.1) is 0 Å². The maximum Gasteiger partial charge on any atom is 0.259 e. The molecule has 1 fully saturated rings. The molecule has 1 saturated heterocycles. The van der Waals surface area contributed by atoms with Crippen LogP contribution in [0.4, 0.5) is 0 Å². The normalized spacial score (nSPS) is 21.2. The Morgan fingerprint density at radius 3 is 3.00 bits per heavy atom. The van der Waals surface area contributed by atoms with Gasteiger partial charge in [-0.2, -0.15) is 0 Å². The van der Waals surface area contributed by atoms with Gasteiger partial charge in [-0.3, -0.25) is 4.79 Å². The van der Waals surface area contributed by atoms with Crippen LogP contribution >= 0.6 is 0 Å². The first kappa shape index (κ1) is 17.6. The van der Waals surface area contributed by atoms with Crippen LogP contribution in [0.2, 0.25) is 0 Å². The van der Waals surface area contributed by atoms with Crippen LogP contribution in [0.25, 0.3) is 0 Å². The number of methoxy groups -OCH3 is 1. The zero-order valence-corrected chi connectivity index (χ0v) is 15.7. The minimum absolute atomic E-state index is 0.0110. The molecule has 3 heterocycles. The first-order valence-electron chi connectivity index (χ1n) is 9.25. The Hall–Kier alpha value is -2.76. The SMILES string of the molecule is COc1ncccc1C(=O)N1CCC[C@@](C)(Cc2ccc3c(c2)OCO3)C1. The topological polar surface area (TPSA) is 60.9 Å². The molecule has 0 radical (unpaired) electrons. The van der Waals surface area contributed by atoms with Crippen LogP contribution in [-0.4, -0.2) is 42.8 Å². The van der Waals surface area contributed by atoms with Crippen LogP contribution in [0.3, 0.4) is 0 Å². The van der Waals surface area contributed by atoms with Crippen molar-refractivity contribution in [1.29, 1.82) is 0 Å². The molecular weight excluding hydrogens is 344 g/mol. The highest BCUT2D eigenvalue weighted by atomic mass is 16.7. The lowest BCUT2D eigenvalue weighted by Crippen LogP contribution is -2.45. The van der Waals surface area contributed by atoms with Crippen LogP contribution in [0.5, 0.6) is 17.4 Å². The molecule has 0 spiro atoms. The number of carbonyl (C=O) groups is 1. The monoisotopic (exact) mass is 368 g/mol. The summed E-state index contributed by atoms with van der Waals surface area (Å²) in [5, 5.41) is 0. The maximum atomic E-state index is 13.0. The quantitative estimate of drug-likeness (QED) is 0.829. The number of benzene rings is 1. The summed E-state index contributed by atoms with van der Waals surface area (Å²) in [7, 11) is 1.54. The highest BCUT2D eigenvalue weighted by Gasteiger charge is 2.34. The Bertz CT molecular complexity index is 854. The zero-order valence-electron chi connectivity index (χ0n) is 15.7. The summed E-state index contributed by atoms with van der Waals surface area (Å²) < 4.78 is 16.2. The van der Waals surface area contributed by atoms with Gasteiger partial charge < -0.3 is 19.1 Å². The first-order chi connectivity index (χ1) is 13.1. The predicted octanol–water partition coefficient (Wildman–Crippen LogP) is 3.30. The number of nitrogens with zero attached hydrogens (tertiary/aromatic N) is 2. The largest absolute Gasteiger partial charge is 0.480 e. The van der Waals surface area contributed by atoms with Crippen molar-refractivity contribution >= 4 is 5.91 Å². The lowest BCUT2D eigenvalue weighted by atomic mass is 9.76. The molecule has 2 aliphatic heterocycles. The molecule has 1 amide bonds. The molecule has 0 N–H and O–H groups in total. The van der Waals surface area contributed by atoms with Crippen LogP contribution in [0, 0.1) is 5.41 Å². The van der Waals surface area contributed by atoms with Crippen molar-refractivity contribution in [3.05, 3.63) is 47.7 Å². The summed E-state index contributed by atoms with van der Waals surface area (Å²) in [6.07, 6.45) is 4.58. The van der Waals surface area contributed by atoms with Crippen molar-refractivity contribution < 1.29 is 19.0 Å². The third-order valence-electron chi connectivity index (χ3n) is 5.33. The van der Waals surface area contributed by atoms with E-state index >= 15 is 0 Å². The van der Waals surface area contributed by atoms with Gasteiger partial charge in [-0.25, -0.2) is 4.98 Å². The smallest absolute Gasteiger partial charge is 0.259 e. The Balaban J connectivity index is 1.50. The molecule has 0 bridgehead atoms. The average molecular weight is 368 g/mol. The second kappa shape index (κ2) is 7.10. The van der Waals surface area contributed by atoms with Gasteiger partial charge >= 0.3 is 0 Å². The van der Waals surface area contributed by atoms with Gasteiger partial charge in [0.25, 0.3) is 5.91 Å². The molecular formula is C21H24N2O4. The van der Waals surface area contributed by atoms with Gasteiger partial charge in [0.1, 0.15) is 5.56 Å². The number of pyridine rings is 1. The molecule has 6 heteroatoms. The van der Waals surface area contributed by atoms with E-state index in [-0.39, 0.29) is 18.1 Å². The van der Waals surface area contributed by atoms with Gasteiger partial charge in [-0.1, -0.05) is 13.0 Å². The molecule has 2 aromatic rings. The summed E-state index contributed by atoms with van der Waals surface area (Å²) >= 11 is 0. The number of carbonyl (C=O) groups excluding carboxylic acids is 1. The lowest BCUT2D eigenvalue weighted by Gasteiger charge is -2.41. The summed E-state index contributed by atoms with van der Waals surface area (Å²) in [6.45, 7) is 3.99. The lowest BCUT2D eigenvalue weighted by molar-refractivity contribution is 0.0546. The molecule has 27 heavy (non-hydrogen) atoms. The fraction of sp³-hybridized carbons (Fsp3) is 0.429. The molecule has 1 atom stereocenters. The van der Waals surface area contributed by atoms with Crippen molar-refractivity contribution in [3.8, 4) is 17.4 Å². The highest BCUT2D eigenvalue weighted by molar-refractivity contribution is 5.96. The van der Waals surface area contributed by atoms with Crippen molar-refractivity contribution in [2.24, 2.45) is 5.41 Å². The Morgan fingerprint density at radius 1 is 1.30 bits per heavy atom. The van der Waals surface area contributed by atoms with Crippen molar-refractivity contribution in [2.45, 2.75) is 26.2 Å². The second-order valence-corrected chi connectivity index (χ2v) is 7.57. The van der Waals surface area contributed by atoms with Gasteiger partial charge in [0.05, 0.1) is 7.11 Å². The second-order valence-electron chi connectivity index (χ2n) is 7.57. The fourth-order valence-corrected chi connectivity index (χ4v) is 4.06. The maximum absolute atomic E-state index is 13.0. The van der Waals surface area contributed by atoms with Crippen molar-refractivity contribution in [3.63, 3.8) is 0 Å². The third-order valence-corrected chi connectivity index (χ3v) is 5.33. The standard InChI is InChI=1S/C21H24N2O4/c1-21(12-15-6-7-17-18(11-15)27-14-26-17)8-4-10-23(13-21)20(24)16-5-3-9-22-19(16)25-2/h3,5-7,9,11H,4,8,10,12-14H2,1-2H3/t21-/m0/s1. The molecule has 1 aromatic heterocycles. The highest BCUT2D eigenvalue weighted by Crippen LogP contribution is 2.38. The van der Waals surface area contributed by atoms with E-state index in [1.54, 1.807) is 25.4 Å². The Morgan fingerprint density at radius 2 is 2.15 bits per heavy atom. The summed E-state index contributed by atoms with van der Waals surface area (Å²) in [6, 6.07) is 9.65. The van der Waals surface area contributed by atoms with Crippen LogP contribution in [-0.2, 0) is 6.42 Å². The summed E-state index contributed by atoms with van der Waals surface area (Å²) in [5.41, 5.74) is 1.74. The number of piperidine rings is 1. The minimum atomic E-state index is -0.0171. The average Bonchev–Trinajstić information content (AvgIpc) is 3.15. The number of ether oxygens (including phenoxy) is 3. The van der Waals surface area contributed by atoms with Gasteiger partial charge in [-0.05, 0) is 54.5 Å². The van der Waals surface area contributed by atoms with E-state index in [2.05, 4.69) is 24.0 Å². The number of likely N-dealkylation sites (tertiary alicyclic amines) is 1. The fourth-order valence-electron chi connectivity index (χ4n) is 4.06. The number of amides is 1. The van der Waals surface area contributed by atoms with E-state index in [9.17, 15) is 4.79 Å². The van der Waals surface area contributed by atoms with E-state index < -0.39 is 0 Å². The molecule has 0 aliphatic carbocycles. The number of rotatable bonds is 4. The van der Waals surface area contributed by atoms with E-state index in [0.29, 0.717) is 18.0 Å². The number of aromatic nitrogens is 1. The van der Waals surface area contributed by atoms with Crippen LogP contribution in [0.1, 0.15) is 35.7 Å². The predicted molar refractivity (Wildman–Crippen MR) is 100 cm³/mol. The molecule has 2 aliphatic rings. The molecule has 0 saturated carbocycles. The number of hydrogen-bond acceptors (Lipinski definition) is 5. The summed E-state index contributed by atoms with van der Waals surface area (Å²) in [5.74, 6) is 1.97. The van der Waals surface area contributed by atoms with E-state index in [0.717, 1.165) is 37.3 Å². The van der Waals surface area contributed by atoms with Gasteiger partial charge in [0, 0.05) is 19.3 Å².